The molecule has 18 heavy (non-hydrogen) atoms. The lowest BCUT2D eigenvalue weighted by molar-refractivity contribution is -0.384. The number of aryl methyl sites for hydroxylation is 1. The number of benzene rings is 1. The molecule has 2 bridgehead atoms. The number of anilines is 1. The summed E-state index contributed by atoms with van der Waals surface area (Å²) in [6.07, 6.45) is 4.05. The SMILES string of the molecule is Cc1cc([N+](=O)[O-])ccc1NC1CC2CCC1O2. The molecule has 96 valence electrons. The lowest BCUT2D eigenvalue weighted by Crippen LogP contribution is -2.30. The van der Waals surface area contributed by atoms with Crippen molar-refractivity contribution in [3.63, 3.8) is 0 Å². The van der Waals surface area contributed by atoms with Crippen LogP contribution < -0.4 is 5.32 Å². The molecule has 0 aromatic heterocycles. The highest BCUT2D eigenvalue weighted by Crippen LogP contribution is 2.36. The Balaban J connectivity index is 1.75. The number of fused-ring (bicyclic) bond motifs is 2. The Hall–Kier alpha value is -1.62. The number of nitrogens with zero attached hydrogens (tertiary/aromatic N) is 1. The van der Waals surface area contributed by atoms with Gasteiger partial charge >= 0.3 is 0 Å². The average Bonchev–Trinajstić information content (AvgIpc) is 2.93. The summed E-state index contributed by atoms with van der Waals surface area (Å²) in [6.45, 7) is 1.89. The number of hydrogen-bond acceptors (Lipinski definition) is 4. The molecule has 3 rings (SSSR count). The highest BCUT2D eigenvalue weighted by atomic mass is 16.6. The van der Waals surface area contributed by atoms with Crippen molar-refractivity contribution >= 4 is 11.4 Å². The van der Waals surface area contributed by atoms with E-state index in [0.717, 1.165) is 24.1 Å². The largest absolute Gasteiger partial charge is 0.379 e. The van der Waals surface area contributed by atoms with Crippen molar-refractivity contribution in [2.24, 2.45) is 0 Å². The van der Waals surface area contributed by atoms with Crippen molar-refractivity contribution < 1.29 is 9.66 Å². The molecule has 0 aliphatic carbocycles. The second kappa shape index (κ2) is 4.24. The van der Waals surface area contributed by atoms with Crippen molar-refractivity contribution in [2.75, 3.05) is 5.32 Å². The molecule has 2 heterocycles. The molecule has 3 atom stereocenters. The van der Waals surface area contributed by atoms with Gasteiger partial charge in [-0.1, -0.05) is 0 Å². The minimum atomic E-state index is -0.364. The first-order valence-corrected chi connectivity index (χ1v) is 6.30. The second-order valence-corrected chi connectivity index (χ2v) is 5.12. The first kappa shape index (κ1) is 11.5. The lowest BCUT2D eigenvalue weighted by Gasteiger charge is -2.22. The van der Waals surface area contributed by atoms with Crippen molar-refractivity contribution in [1.29, 1.82) is 0 Å². The van der Waals surface area contributed by atoms with Crippen LogP contribution in [0.25, 0.3) is 0 Å². The third kappa shape index (κ3) is 1.95. The second-order valence-electron chi connectivity index (χ2n) is 5.12. The third-order valence-corrected chi connectivity index (χ3v) is 3.87. The van der Waals surface area contributed by atoms with Crippen LogP contribution in [0.3, 0.4) is 0 Å². The zero-order valence-electron chi connectivity index (χ0n) is 10.3. The Kier molecular flexibility index (Phi) is 2.70. The van der Waals surface area contributed by atoms with Gasteiger partial charge in [0.25, 0.3) is 5.69 Å². The highest BCUT2D eigenvalue weighted by Gasteiger charge is 2.40. The molecule has 2 aliphatic rings. The van der Waals surface area contributed by atoms with E-state index in [2.05, 4.69) is 5.32 Å². The predicted molar refractivity (Wildman–Crippen MR) is 67.8 cm³/mol. The summed E-state index contributed by atoms with van der Waals surface area (Å²) in [5.74, 6) is 0. The Bertz CT molecular complexity index is 489. The summed E-state index contributed by atoms with van der Waals surface area (Å²) in [5.41, 5.74) is 2.02. The maximum atomic E-state index is 10.7. The first-order valence-electron chi connectivity index (χ1n) is 6.30. The van der Waals surface area contributed by atoms with Gasteiger partial charge in [-0.25, -0.2) is 0 Å². The van der Waals surface area contributed by atoms with Crippen molar-refractivity contribution in [2.45, 2.75) is 44.4 Å². The van der Waals surface area contributed by atoms with Crippen molar-refractivity contribution in [3.05, 3.63) is 33.9 Å². The number of nitro benzene ring substituents is 1. The Morgan fingerprint density at radius 3 is 2.83 bits per heavy atom. The Morgan fingerprint density at radius 2 is 2.28 bits per heavy atom. The third-order valence-electron chi connectivity index (χ3n) is 3.87. The molecule has 0 spiro atoms. The van der Waals surface area contributed by atoms with Gasteiger partial charge in [0.15, 0.2) is 0 Å². The summed E-state index contributed by atoms with van der Waals surface area (Å²) in [4.78, 5) is 10.3. The topological polar surface area (TPSA) is 64.4 Å². The Labute approximate surface area is 105 Å². The van der Waals surface area contributed by atoms with Crippen LogP contribution in [0.5, 0.6) is 0 Å². The van der Waals surface area contributed by atoms with Crippen LogP contribution in [0.1, 0.15) is 24.8 Å². The number of nitro groups is 1. The lowest BCUT2D eigenvalue weighted by atomic mass is 9.95. The van der Waals surface area contributed by atoms with Gasteiger partial charge in [-0.3, -0.25) is 10.1 Å². The minimum absolute atomic E-state index is 0.141. The molecular weight excluding hydrogens is 232 g/mol. The summed E-state index contributed by atoms with van der Waals surface area (Å²) in [6, 6.07) is 5.29. The van der Waals surface area contributed by atoms with Gasteiger partial charge in [0.1, 0.15) is 0 Å². The zero-order chi connectivity index (χ0) is 12.7. The zero-order valence-corrected chi connectivity index (χ0v) is 10.3. The van der Waals surface area contributed by atoms with E-state index in [1.807, 2.05) is 6.92 Å². The van der Waals surface area contributed by atoms with Gasteiger partial charge in [0.05, 0.1) is 23.2 Å². The molecule has 0 radical (unpaired) electrons. The van der Waals surface area contributed by atoms with Gasteiger partial charge < -0.3 is 10.1 Å². The van der Waals surface area contributed by atoms with Crippen LogP contribution in [0.2, 0.25) is 0 Å². The van der Waals surface area contributed by atoms with E-state index in [1.165, 1.54) is 6.42 Å². The molecule has 1 aromatic rings. The van der Waals surface area contributed by atoms with Gasteiger partial charge in [0.2, 0.25) is 0 Å². The highest BCUT2D eigenvalue weighted by molar-refractivity contribution is 5.56. The van der Waals surface area contributed by atoms with E-state index in [4.69, 9.17) is 4.74 Å². The number of non-ortho nitro benzene ring substituents is 1. The smallest absolute Gasteiger partial charge is 0.269 e. The van der Waals surface area contributed by atoms with Crippen LogP contribution in [0.4, 0.5) is 11.4 Å². The fourth-order valence-corrected chi connectivity index (χ4v) is 2.91. The fourth-order valence-electron chi connectivity index (χ4n) is 2.91. The summed E-state index contributed by atoms with van der Waals surface area (Å²) in [7, 11) is 0. The number of nitrogens with one attached hydrogen (secondary N) is 1. The van der Waals surface area contributed by atoms with E-state index in [1.54, 1.807) is 18.2 Å². The molecule has 3 unspecified atom stereocenters. The molecule has 1 N–H and O–H groups in total. The maximum absolute atomic E-state index is 10.7. The normalized spacial score (nSPS) is 29.5. The van der Waals surface area contributed by atoms with E-state index < -0.39 is 0 Å². The van der Waals surface area contributed by atoms with Gasteiger partial charge in [-0.05, 0) is 37.8 Å². The molecule has 2 aliphatic heterocycles. The van der Waals surface area contributed by atoms with E-state index in [-0.39, 0.29) is 10.6 Å². The van der Waals surface area contributed by atoms with Crippen LogP contribution in [0, 0.1) is 17.0 Å². The molecule has 5 heteroatoms. The van der Waals surface area contributed by atoms with Crippen LogP contribution in [-0.4, -0.2) is 23.2 Å². The van der Waals surface area contributed by atoms with Gasteiger partial charge in [0, 0.05) is 17.8 Å². The molecule has 2 saturated heterocycles. The summed E-state index contributed by atoms with van der Waals surface area (Å²) in [5, 5.41) is 14.1. The predicted octanol–water partition coefficient (Wildman–Crippen LogP) is 2.64. The monoisotopic (exact) mass is 248 g/mol. The molecule has 1 aromatic carbocycles. The number of ether oxygens (including phenoxy) is 1. The summed E-state index contributed by atoms with van der Waals surface area (Å²) >= 11 is 0. The average molecular weight is 248 g/mol. The Morgan fingerprint density at radius 1 is 1.44 bits per heavy atom. The standard InChI is InChI=1S/C13H16N2O3/c1-8-6-9(15(16)17)2-4-11(8)14-12-7-10-3-5-13(12)18-10/h2,4,6,10,12-14H,3,5,7H2,1H3. The number of rotatable bonds is 3. The van der Waals surface area contributed by atoms with Crippen LogP contribution in [0.15, 0.2) is 18.2 Å². The van der Waals surface area contributed by atoms with E-state index in [0.29, 0.717) is 18.2 Å². The van der Waals surface area contributed by atoms with E-state index >= 15 is 0 Å². The quantitative estimate of drug-likeness (QED) is 0.659. The molecule has 0 saturated carbocycles. The minimum Gasteiger partial charge on any atom is -0.379 e. The molecule has 2 fully saturated rings. The van der Waals surface area contributed by atoms with E-state index in [9.17, 15) is 10.1 Å². The molecule has 0 amide bonds. The van der Waals surface area contributed by atoms with Crippen LogP contribution >= 0.6 is 0 Å². The summed E-state index contributed by atoms with van der Waals surface area (Å²) < 4.78 is 5.79. The van der Waals surface area contributed by atoms with Gasteiger partial charge in [-0.2, -0.15) is 0 Å². The molecule has 5 nitrogen and oxygen atoms in total. The van der Waals surface area contributed by atoms with Gasteiger partial charge in [-0.15, -0.1) is 0 Å². The molecular formula is C13H16N2O3. The van der Waals surface area contributed by atoms with Crippen molar-refractivity contribution in [3.8, 4) is 0 Å². The van der Waals surface area contributed by atoms with Crippen molar-refractivity contribution in [1.82, 2.24) is 0 Å². The first-order chi connectivity index (χ1) is 8.63. The number of hydrogen-bond donors (Lipinski definition) is 1. The maximum Gasteiger partial charge on any atom is 0.269 e. The fraction of sp³-hybridized carbons (Fsp3) is 0.538. The van der Waals surface area contributed by atoms with Crippen LogP contribution in [-0.2, 0) is 4.74 Å².